The molecule has 5 heterocycles. The summed E-state index contributed by atoms with van der Waals surface area (Å²) in [5, 5.41) is 10.9. The van der Waals surface area contributed by atoms with Gasteiger partial charge in [0, 0.05) is 71.1 Å². The Morgan fingerprint density at radius 3 is 1.38 bits per heavy atom. The number of furan rings is 3. The quantitative estimate of drug-likeness (QED) is 0.156. The molecule has 0 saturated heterocycles. The lowest BCUT2D eigenvalue weighted by Crippen LogP contribution is -2.00. The van der Waals surface area contributed by atoms with Crippen LogP contribution in [0.15, 0.2) is 250 Å². The molecule has 8 nitrogen and oxygen atoms in total. The van der Waals surface area contributed by atoms with Crippen LogP contribution in [0.2, 0.25) is 0 Å². The molecule has 8 heteroatoms. The van der Waals surface area contributed by atoms with Gasteiger partial charge in [-0.15, -0.1) is 0 Å². The van der Waals surface area contributed by atoms with Gasteiger partial charge in [0.15, 0.2) is 23.3 Å². The van der Waals surface area contributed by atoms with E-state index >= 15 is 0 Å². The maximum atomic E-state index is 6.62. The Bertz CT molecular complexity index is 5070. The Morgan fingerprint density at radius 1 is 0.208 bits per heavy atom. The summed E-state index contributed by atoms with van der Waals surface area (Å²) in [6.45, 7) is 0. The van der Waals surface area contributed by atoms with Crippen molar-refractivity contribution in [2.45, 2.75) is 0 Å². The molecule has 0 aliphatic carbocycles. The summed E-state index contributed by atoms with van der Waals surface area (Å²) in [6.07, 6.45) is 0. The van der Waals surface area contributed by atoms with E-state index in [0.29, 0.717) is 23.3 Å². The first-order chi connectivity index (χ1) is 38.1. The van der Waals surface area contributed by atoms with Crippen LogP contribution in [-0.2, 0) is 0 Å². The fourth-order valence-electron chi connectivity index (χ4n) is 11.0. The fourth-order valence-corrected chi connectivity index (χ4v) is 11.0. The zero-order chi connectivity index (χ0) is 50.6. The average molecular weight is 986 g/mol. The zero-order valence-electron chi connectivity index (χ0n) is 41.0. The molecule has 0 atom stereocenters. The molecule has 0 bridgehead atoms. The molecule has 0 amide bonds. The first-order valence-electron chi connectivity index (χ1n) is 25.6. The van der Waals surface area contributed by atoms with Gasteiger partial charge in [-0.25, -0.2) is 24.9 Å². The summed E-state index contributed by atoms with van der Waals surface area (Å²) in [7, 11) is 0. The molecule has 77 heavy (non-hydrogen) atoms. The van der Waals surface area contributed by atoms with Crippen molar-refractivity contribution in [3.05, 3.63) is 237 Å². The highest BCUT2D eigenvalue weighted by atomic mass is 16.3. The number of para-hydroxylation sites is 1. The molecule has 0 fully saturated rings. The first kappa shape index (κ1) is 42.9. The van der Waals surface area contributed by atoms with Crippen LogP contribution in [0.5, 0.6) is 0 Å². The van der Waals surface area contributed by atoms with Crippen LogP contribution in [0.3, 0.4) is 0 Å². The normalized spacial score (nSPS) is 11.9. The van der Waals surface area contributed by atoms with Crippen molar-refractivity contribution < 1.29 is 13.3 Å². The Kier molecular flexibility index (Phi) is 9.46. The van der Waals surface area contributed by atoms with Gasteiger partial charge in [0.1, 0.15) is 33.5 Å². The highest BCUT2D eigenvalue weighted by molar-refractivity contribution is 6.15. The molecule has 11 aromatic carbocycles. The SMILES string of the molecule is c1ccc(-c2nc(-c3cccc(-c4cccc(-c5nc(-c6ccc7c(c6)oc6ccccc67)nc(-c6ccc7c(c6)oc6cc8ccccc8cc67)n5)c4)c3)cc(-c3ccc4c(c3)oc3c5ccccc5ccc43)n2)cc1. The summed E-state index contributed by atoms with van der Waals surface area (Å²) in [5.74, 6) is 2.22. The Balaban J connectivity index is 0.802. The molecule has 0 aliphatic rings. The first-order valence-corrected chi connectivity index (χ1v) is 25.6. The van der Waals surface area contributed by atoms with Crippen molar-refractivity contribution in [3.8, 4) is 79.2 Å². The molecule has 0 saturated carbocycles. The zero-order valence-corrected chi connectivity index (χ0v) is 41.0. The Hall–Kier alpha value is -10.6. The lowest BCUT2D eigenvalue weighted by atomic mass is 9.98. The summed E-state index contributed by atoms with van der Waals surface area (Å²) in [4.78, 5) is 26.0. The molecule has 16 rings (SSSR count). The number of nitrogens with zero attached hydrogens (tertiary/aromatic N) is 5. The van der Waals surface area contributed by atoms with E-state index in [9.17, 15) is 0 Å². The van der Waals surface area contributed by atoms with Crippen LogP contribution in [0.25, 0.3) is 167 Å². The molecular weight excluding hydrogens is 947 g/mol. The predicted octanol–water partition coefficient (Wildman–Crippen LogP) is 18.3. The number of rotatable bonds is 7. The molecular formula is C69H39N5O3. The van der Waals surface area contributed by atoms with Crippen LogP contribution in [0.4, 0.5) is 0 Å². The van der Waals surface area contributed by atoms with Gasteiger partial charge < -0.3 is 13.3 Å². The molecule has 358 valence electrons. The maximum absolute atomic E-state index is 6.62. The van der Waals surface area contributed by atoms with Crippen LogP contribution in [0, 0.1) is 0 Å². The molecule has 5 aromatic heterocycles. The fraction of sp³-hybridized carbons (Fsp3) is 0. The summed E-state index contributed by atoms with van der Waals surface area (Å²) in [6, 6.07) is 81.2. The van der Waals surface area contributed by atoms with Crippen LogP contribution in [-0.4, -0.2) is 24.9 Å². The highest BCUT2D eigenvalue weighted by Gasteiger charge is 2.19. The molecule has 0 unspecified atom stereocenters. The number of hydrogen-bond acceptors (Lipinski definition) is 8. The number of aromatic nitrogens is 5. The van der Waals surface area contributed by atoms with E-state index in [-0.39, 0.29) is 0 Å². The summed E-state index contributed by atoms with van der Waals surface area (Å²) >= 11 is 0. The van der Waals surface area contributed by atoms with Crippen molar-refractivity contribution >= 4 is 87.4 Å². The molecule has 16 aromatic rings. The molecule has 0 radical (unpaired) electrons. The highest BCUT2D eigenvalue weighted by Crippen LogP contribution is 2.40. The standard InChI is InChI=1S/C69H39N5O3/c1-2-13-41(14-3-1)66-70-58(39-59(71-66)47-25-28-54-56-31-24-40-12-6-7-21-51(40)65(56)77-63(54)36-47)46-19-10-17-42(32-46)43-18-11-20-48(33-43)67-72-68(49-26-29-53-52-22-8-9-23-60(52)75-61(53)37-49)74-69(73-67)50-27-30-55-57-34-44-15-4-5-16-45(44)35-64(57)76-62(55)38-50/h1-39H. The van der Waals surface area contributed by atoms with Crippen molar-refractivity contribution in [2.24, 2.45) is 0 Å². The van der Waals surface area contributed by atoms with E-state index in [0.717, 1.165) is 143 Å². The van der Waals surface area contributed by atoms with Gasteiger partial charge in [0.25, 0.3) is 0 Å². The lowest BCUT2D eigenvalue weighted by Gasteiger charge is -2.12. The van der Waals surface area contributed by atoms with E-state index < -0.39 is 0 Å². The largest absolute Gasteiger partial charge is 0.456 e. The van der Waals surface area contributed by atoms with Gasteiger partial charge in [-0.05, 0) is 106 Å². The van der Waals surface area contributed by atoms with Gasteiger partial charge in [0.2, 0.25) is 0 Å². The third-order valence-electron chi connectivity index (χ3n) is 14.9. The lowest BCUT2D eigenvalue weighted by molar-refractivity contribution is 0.669. The Morgan fingerprint density at radius 2 is 0.649 bits per heavy atom. The van der Waals surface area contributed by atoms with Gasteiger partial charge in [-0.3, -0.25) is 0 Å². The van der Waals surface area contributed by atoms with Gasteiger partial charge >= 0.3 is 0 Å². The van der Waals surface area contributed by atoms with Crippen molar-refractivity contribution in [2.75, 3.05) is 0 Å². The Labute approximate surface area is 439 Å². The molecule has 0 spiro atoms. The third-order valence-corrected chi connectivity index (χ3v) is 14.9. The van der Waals surface area contributed by atoms with Crippen LogP contribution >= 0.6 is 0 Å². The second-order valence-electron chi connectivity index (χ2n) is 19.6. The molecule has 0 aliphatic heterocycles. The second-order valence-corrected chi connectivity index (χ2v) is 19.6. The smallest absolute Gasteiger partial charge is 0.164 e. The van der Waals surface area contributed by atoms with Gasteiger partial charge in [-0.2, -0.15) is 0 Å². The van der Waals surface area contributed by atoms with Crippen molar-refractivity contribution in [3.63, 3.8) is 0 Å². The van der Waals surface area contributed by atoms with E-state index in [2.05, 4.69) is 170 Å². The average Bonchev–Trinajstić information content (AvgIpc) is 4.22. The van der Waals surface area contributed by atoms with E-state index in [1.165, 1.54) is 0 Å². The topological polar surface area (TPSA) is 104 Å². The van der Waals surface area contributed by atoms with Gasteiger partial charge in [0.05, 0.1) is 11.4 Å². The maximum Gasteiger partial charge on any atom is 0.164 e. The monoisotopic (exact) mass is 985 g/mol. The predicted molar refractivity (Wildman–Crippen MR) is 310 cm³/mol. The molecule has 0 N–H and O–H groups in total. The van der Waals surface area contributed by atoms with Crippen molar-refractivity contribution in [1.29, 1.82) is 0 Å². The van der Waals surface area contributed by atoms with E-state index in [1.54, 1.807) is 0 Å². The van der Waals surface area contributed by atoms with Gasteiger partial charge in [-0.1, -0.05) is 158 Å². The number of hydrogen-bond donors (Lipinski definition) is 0. The minimum Gasteiger partial charge on any atom is -0.456 e. The van der Waals surface area contributed by atoms with E-state index in [4.69, 9.17) is 38.2 Å². The number of benzene rings is 11. The minimum atomic E-state index is 0.524. The summed E-state index contributed by atoms with van der Waals surface area (Å²) in [5.41, 5.74) is 13.7. The number of fused-ring (bicyclic) bond motifs is 12. The minimum absolute atomic E-state index is 0.524. The van der Waals surface area contributed by atoms with E-state index in [1.807, 2.05) is 66.7 Å². The van der Waals surface area contributed by atoms with Crippen LogP contribution < -0.4 is 0 Å². The van der Waals surface area contributed by atoms with Crippen LogP contribution in [0.1, 0.15) is 0 Å². The van der Waals surface area contributed by atoms with Crippen molar-refractivity contribution in [1.82, 2.24) is 24.9 Å². The second kappa shape index (κ2) is 17.0. The summed E-state index contributed by atoms with van der Waals surface area (Å²) < 4.78 is 19.5. The third kappa shape index (κ3) is 7.26.